The number of thiocarbonyl (C=S) groups is 2. The number of thiazole rings is 1. The van der Waals surface area contributed by atoms with Gasteiger partial charge < -0.3 is 35.1 Å². The molecular weight excluding hydrogens is 1740 g/mol. The van der Waals surface area contributed by atoms with Crippen LogP contribution in [0.15, 0.2) is 200 Å². The molecule has 3 fully saturated rings. The molecule has 6 aromatic rings. The second kappa shape index (κ2) is 63.5. The number of carbonyl (C=O) groups is 8. The number of ketones is 1. The lowest BCUT2D eigenvalue weighted by atomic mass is 9.84. The number of hydrogen-bond donors (Lipinski definition) is 4. The monoisotopic (exact) mass is 1870 g/mol. The Kier molecular flexibility index (Phi) is 54.0. The smallest absolute Gasteiger partial charge is 0.329 e. The van der Waals surface area contributed by atoms with Gasteiger partial charge in [-0.1, -0.05) is 322 Å². The highest BCUT2D eigenvalue weighted by molar-refractivity contribution is 8.23. The van der Waals surface area contributed by atoms with Crippen molar-refractivity contribution >= 4 is 155 Å². The number of Topliss-reactive ketones (excluding diaryl/α,β-unsaturated/α-hetero) is 1. The molecule has 1 unspecified atom stereocenters. The molecule has 0 saturated carbocycles. The first kappa shape index (κ1) is 107. The number of nitrogens with zero attached hydrogens (tertiary/aromatic N) is 3. The van der Waals surface area contributed by atoms with Crippen LogP contribution in [0.3, 0.4) is 0 Å². The van der Waals surface area contributed by atoms with Gasteiger partial charge in [0.1, 0.15) is 32.4 Å². The summed E-state index contributed by atoms with van der Waals surface area (Å²) in [6.07, 6.45) is 35.4. The number of aliphatic hydroxyl groups excluding tert-OH is 2. The molecule has 6 atom stereocenters. The summed E-state index contributed by atoms with van der Waals surface area (Å²) >= 11 is 20.2. The quantitative estimate of drug-likeness (QED) is 0.00702. The zero-order valence-electron chi connectivity index (χ0n) is 74.6. The van der Waals surface area contributed by atoms with Crippen molar-refractivity contribution in [1.29, 1.82) is 0 Å². The van der Waals surface area contributed by atoms with Crippen molar-refractivity contribution in [3.05, 3.63) is 238 Å². The van der Waals surface area contributed by atoms with Crippen molar-refractivity contribution in [2.75, 3.05) is 49.1 Å². The molecule has 11 rings (SSSR count). The van der Waals surface area contributed by atoms with Gasteiger partial charge in [0.25, 0.3) is 0 Å². The summed E-state index contributed by atoms with van der Waals surface area (Å²) < 4.78 is 16.2. The molecule has 684 valence electrons. The van der Waals surface area contributed by atoms with E-state index in [1.807, 2.05) is 85.6 Å². The van der Waals surface area contributed by atoms with Gasteiger partial charge in [-0.2, -0.15) is 0 Å². The Balaban J connectivity index is 0.000000270. The van der Waals surface area contributed by atoms with Gasteiger partial charge >= 0.3 is 11.9 Å². The van der Waals surface area contributed by atoms with Crippen LogP contribution in [0.4, 0.5) is 0 Å². The predicted octanol–water partition coefficient (Wildman–Crippen LogP) is 21.6. The maximum Gasteiger partial charge on any atom is 0.329 e. The Morgan fingerprint density at radius 2 is 1.21 bits per heavy atom. The number of fused-ring (bicyclic) bond motifs is 4. The fourth-order valence-electron chi connectivity index (χ4n) is 14.0. The van der Waals surface area contributed by atoms with Gasteiger partial charge in [-0.05, 0) is 135 Å². The van der Waals surface area contributed by atoms with Crippen molar-refractivity contribution in [3.8, 4) is 0 Å². The van der Waals surface area contributed by atoms with E-state index in [1.54, 1.807) is 77.5 Å². The van der Waals surface area contributed by atoms with Crippen LogP contribution in [0, 0.1) is 11.8 Å². The van der Waals surface area contributed by atoms with Gasteiger partial charge in [-0.25, -0.2) is 9.78 Å². The van der Waals surface area contributed by atoms with Crippen molar-refractivity contribution in [2.45, 2.75) is 250 Å². The highest BCUT2D eigenvalue weighted by atomic mass is 32.2. The van der Waals surface area contributed by atoms with Crippen LogP contribution in [0.1, 0.15) is 234 Å². The van der Waals surface area contributed by atoms with E-state index in [1.165, 1.54) is 89.4 Å². The Hall–Kier alpha value is -7.50. The lowest BCUT2D eigenvalue weighted by molar-refractivity contribution is -0.153. The minimum atomic E-state index is -0.827. The highest BCUT2D eigenvalue weighted by Gasteiger charge is 2.39. The van der Waals surface area contributed by atoms with Crippen molar-refractivity contribution in [2.24, 2.45) is 11.8 Å². The number of aromatic nitrogens is 1. The van der Waals surface area contributed by atoms with E-state index in [-0.39, 0.29) is 95.2 Å². The number of rotatable bonds is 38. The number of methoxy groups -OCH3 is 1. The highest BCUT2D eigenvalue weighted by Crippen LogP contribution is 2.49. The average Bonchev–Trinajstić information content (AvgIpc) is 1.01. The summed E-state index contributed by atoms with van der Waals surface area (Å²) in [4.78, 5) is 105. The molecule has 1 aromatic heterocycles. The van der Waals surface area contributed by atoms with Gasteiger partial charge in [-0.3, -0.25) is 43.4 Å². The number of carbonyl (C=O) groups excluding carboxylic acids is 8. The average molecular weight is 1870 g/mol. The number of thioether (sulfide) groups is 5. The van der Waals surface area contributed by atoms with E-state index in [0.717, 1.165) is 129 Å². The molecule has 126 heavy (non-hydrogen) atoms. The molecule has 3 saturated heterocycles. The van der Waals surface area contributed by atoms with Crippen molar-refractivity contribution < 1.29 is 62.8 Å². The fraction of sp³-hybridized carbons (Fsp3) is 0.490. The van der Waals surface area contributed by atoms with Gasteiger partial charge in [0.2, 0.25) is 23.6 Å². The van der Waals surface area contributed by atoms with Gasteiger partial charge in [0.15, 0.2) is 10.9 Å². The Labute approximate surface area is 785 Å². The molecule has 4 amide bonds. The summed E-state index contributed by atoms with van der Waals surface area (Å²) in [5.74, 6) is 2.30. The Bertz CT molecular complexity index is 4220. The SMILES string of the molecule is CC(=O)N1C(=S)SC[C@H]1Cc1ccccc1.CCCCC/C=C/OC.CCCCCC(=O)CO.CCCCCCCC(=O)SCCC/C=C/C1CC(=O)NCc2nc(cs2)C2=C[C@@H](CS2)C(=O)N[C@@H](C(C)C)C(=O)O1.O=C(C[C@H](O)/C=C/CCCCSC(c1ccccc1)(c1ccccc1)c1ccccc1)N1C(=S)SC[C@H]1Cc1ccccc1.O=C1CCCCO1. The second-order valence-corrected chi connectivity index (χ2v) is 39.2. The Morgan fingerprint density at radius 3 is 1.76 bits per heavy atom. The molecule has 4 bridgehead atoms. The summed E-state index contributed by atoms with van der Waals surface area (Å²) in [6, 6.07) is 52.2. The number of esters is 2. The number of hydrogen-bond acceptors (Lipinski definition) is 22. The van der Waals surface area contributed by atoms with E-state index in [4.69, 9.17) is 39.0 Å². The molecule has 18 nitrogen and oxygen atoms in total. The number of aliphatic hydroxyl groups is 2. The Morgan fingerprint density at radius 1 is 0.659 bits per heavy atom. The fourth-order valence-corrected chi connectivity index (χ4v) is 21.3. The topological polar surface area (TPSA) is 248 Å². The van der Waals surface area contributed by atoms with E-state index in [9.17, 15) is 43.5 Å². The largest absolute Gasteiger partial charge is 0.505 e. The van der Waals surface area contributed by atoms with E-state index in [2.05, 4.69) is 162 Å². The van der Waals surface area contributed by atoms with Crippen LogP contribution < -0.4 is 10.6 Å². The molecule has 4 N–H and O–H groups in total. The summed E-state index contributed by atoms with van der Waals surface area (Å²) in [7, 11) is 1.68. The third kappa shape index (κ3) is 40.7. The minimum absolute atomic E-state index is 0.0332. The number of ether oxygens (including phenoxy) is 3. The van der Waals surface area contributed by atoms with E-state index in [0.29, 0.717) is 46.7 Å². The molecule has 0 aliphatic carbocycles. The maximum atomic E-state index is 13.2. The first-order valence-corrected chi connectivity index (χ1v) is 51.3. The maximum absolute atomic E-state index is 13.2. The van der Waals surface area contributed by atoms with Crippen LogP contribution in [0.25, 0.3) is 4.91 Å². The van der Waals surface area contributed by atoms with Crippen LogP contribution in [0.2, 0.25) is 0 Å². The van der Waals surface area contributed by atoms with Gasteiger partial charge in [-0.15, -0.1) is 34.9 Å². The van der Waals surface area contributed by atoms with E-state index >= 15 is 0 Å². The van der Waals surface area contributed by atoms with Crippen LogP contribution in [-0.2, 0) is 76.7 Å². The zero-order valence-corrected chi connectivity index (χ0v) is 81.2. The summed E-state index contributed by atoms with van der Waals surface area (Å²) in [6.45, 7) is 12.4. The van der Waals surface area contributed by atoms with Crippen LogP contribution in [0.5, 0.6) is 0 Å². The molecular formula is C100H133N5O13S8. The standard InChI is InChI=1S/C38H39NO2S3.C30H43N3O5S3.C12H13NOS2.C8H16O.C7H14O2.C5H8O2/c40-35(28-36(41)39-34(29-43-37(39)42)27-30-17-7-3-8-18-30)25-15-1-2-16-26-44-38(31-19-9-4-10-20-31,32-21-11-5-12-22-32)33-23-13-6-14-24-33;1-4-5-6-7-10-13-27(35)39-14-11-8-9-12-22-16-25(34)31-17-26-32-23(19-41-26)24-15-21(18-40-24)29(36)33-28(20(2)3)30(37)38-22;1-9(14)13-11(8-16-12(13)15)7-10-5-3-2-4-6-10;1-3-4-5-6-7-8-9-2;1-2-3-4-5-7(9)6-8;6-5-3-1-2-4-7-5/h3-15,17-25,34-35,40H,1-2,16,26-29H2;9,12,15,19-22,28H,4-8,10-11,13-14,16-18H2,1-3H3,(H,31,34)(H,33,36);2-6,11H,7-8H2,1H3;7-8H,3-6H2,1-2H3;8H,2-6H2,1H3;1-4H2/b25-15+;12-9+;;8-7+;;/t34-,35-;21-,22?,28-;11-;;;/m101.../s1. The van der Waals surface area contributed by atoms with Crippen molar-refractivity contribution in [3.63, 3.8) is 0 Å². The number of amides is 4. The normalized spacial score (nSPS) is 17.9. The lowest BCUT2D eigenvalue weighted by Gasteiger charge is -2.35. The number of unbranched alkanes of at least 4 members (excludes halogenated alkanes) is 12. The lowest BCUT2D eigenvalue weighted by Crippen LogP contribution is -2.48. The number of nitrogens with one attached hydrogen (secondary N) is 2. The molecule has 26 heteroatoms. The molecule has 5 aromatic carbocycles. The number of allylic oxidation sites excluding steroid dienone is 3. The molecule has 0 radical (unpaired) electrons. The van der Waals surface area contributed by atoms with Crippen LogP contribution in [-0.4, -0.2) is 160 Å². The number of benzene rings is 5. The molecule has 5 aliphatic rings. The minimum Gasteiger partial charge on any atom is -0.505 e. The summed E-state index contributed by atoms with van der Waals surface area (Å²) in [5.41, 5.74) is 7.07. The van der Waals surface area contributed by atoms with Gasteiger partial charge in [0, 0.05) is 59.5 Å². The third-order valence-electron chi connectivity index (χ3n) is 20.8. The van der Waals surface area contributed by atoms with Crippen LogP contribution >= 0.6 is 94.6 Å². The van der Waals surface area contributed by atoms with Crippen molar-refractivity contribution in [1.82, 2.24) is 25.4 Å². The third-order valence-corrected chi connectivity index (χ3v) is 28.6. The second-order valence-electron chi connectivity index (χ2n) is 31.5. The predicted molar refractivity (Wildman–Crippen MR) is 532 cm³/mol. The first-order chi connectivity index (χ1) is 61.1. The summed E-state index contributed by atoms with van der Waals surface area (Å²) in [5, 5.41) is 27.6. The van der Waals surface area contributed by atoms with Gasteiger partial charge in [0.05, 0.1) is 73.9 Å². The first-order valence-electron chi connectivity index (χ1n) is 44.7. The van der Waals surface area contributed by atoms with E-state index < -0.39 is 24.2 Å². The molecule has 6 heterocycles. The number of cyclic esters (lactones) is 2. The molecule has 0 spiro atoms. The zero-order chi connectivity index (χ0) is 90.9. The molecule has 5 aliphatic heterocycles.